The van der Waals surface area contributed by atoms with Crippen molar-refractivity contribution in [1.29, 1.82) is 0 Å². The van der Waals surface area contributed by atoms with E-state index in [-0.39, 0.29) is 10.8 Å². The molecule has 0 amide bonds. The van der Waals surface area contributed by atoms with Gasteiger partial charge in [0.1, 0.15) is 0 Å². The highest BCUT2D eigenvalue weighted by Gasteiger charge is 2.38. The third-order valence-electron chi connectivity index (χ3n) is 14.8. The van der Waals surface area contributed by atoms with Crippen LogP contribution in [0.25, 0.3) is 78.1 Å². The molecule has 0 N–H and O–H groups in total. The molecule has 0 aliphatic heterocycles. The summed E-state index contributed by atoms with van der Waals surface area (Å²) in [4.78, 5) is 2.46. The first-order valence-electron chi connectivity index (χ1n) is 23.6. The van der Waals surface area contributed by atoms with E-state index < -0.39 is 0 Å². The third-order valence-corrected chi connectivity index (χ3v) is 14.8. The van der Waals surface area contributed by atoms with Gasteiger partial charge < -0.3 is 9.47 Å². The molecule has 322 valence electrons. The lowest BCUT2D eigenvalue weighted by atomic mass is 9.82. The molecular formula is C65H52N2. The van der Waals surface area contributed by atoms with Crippen LogP contribution < -0.4 is 4.90 Å². The van der Waals surface area contributed by atoms with Crippen LogP contribution in [0, 0.1) is 0 Å². The molecule has 2 nitrogen and oxygen atoms in total. The lowest BCUT2D eigenvalue weighted by Gasteiger charge is -2.30. The van der Waals surface area contributed by atoms with Crippen molar-refractivity contribution in [2.75, 3.05) is 4.90 Å². The Morgan fingerprint density at radius 3 is 1.07 bits per heavy atom. The molecule has 1 heterocycles. The highest BCUT2D eigenvalue weighted by molar-refractivity contribution is 6.02. The molecule has 0 spiro atoms. The minimum absolute atomic E-state index is 0.112. The molecule has 9 aromatic carbocycles. The van der Waals surface area contributed by atoms with E-state index in [0.717, 1.165) is 17.1 Å². The van der Waals surface area contributed by atoms with Crippen LogP contribution in [0.3, 0.4) is 0 Å². The first-order valence-corrected chi connectivity index (χ1v) is 23.6. The first kappa shape index (κ1) is 40.6. The molecule has 0 saturated carbocycles. The van der Waals surface area contributed by atoms with Gasteiger partial charge in [0.05, 0.1) is 11.4 Å². The van der Waals surface area contributed by atoms with Gasteiger partial charge in [-0.3, -0.25) is 0 Å². The van der Waals surface area contributed by atoms with Crippen molar-refractivity contribution < 1.29 is 0 Å². The number of fused-ring (bicyclic) bond motifs is 6. The highest BCUT2D eigenvalue weighted by atomic mass is 15.1. The summed E-state index contributed by atoms with van der Waals surface area (Å²) in [5.74, 6) is 0. The van der Waals surface area contributed by atoms with E-state index in [1.807, 2.05) is 0 Å². The zero-order chi connectivity index (χ0) is 45.4. The number of aromatic nitrogens is 1. The summed E-state index contributed by atoms with van der Waals surface area (Å²) in [6, 6.07) is 82.9. The monoisotopic (exact) mass is 860 g/mol. The van der Waals surface area contributed by atoms with Crippen molar-refractivity contribution in [3.8, 4) is 78.1 Å². The van der Waals surface area contributed by atoms with Crippen molar-refractivity contribution in [1.82, 2.24) is 4.57 Å². The Morgan fingerprint density at radius 2 is 0.627 bits per heavy atom. The molecule has 2 heteroatoms. The predicted octanol–water partition coefficient (Wildman–Crippen LogP) is 17.4. The summed E-state index contributed by atoms with van der Waals surface area (Å²) in [6.45, 7) is 9.47. The Balaban J connectivity index is 0.953. The second kappa shape index (κ2) is 15.6. The number of hydrogen-bond donors (Lipinski definition) is 0. The fourth-order valence-corrected chi connectivity index (χ4v) is 11.5. The quantitative estimate of drug-likeness (QED) is 0.148. The molecule has 0 atom stereocenters. The van der Waals surface area contributed by atoms with E-state index in [1.165, 1.54) is 100 Å². The van der Waals surface area contributed by atoms with Gasteiger partial charge in [-0.05, 0) is 114 Å². The number of hydrogen-bond acceptors (Lipinski definition) is 1. The Kier molecular flexibility index (Phi) is 9.45. The first-order chi connectivity index (χ1) is 32.7. The van der Waals surface area contributed by atoms with Gasteiger partial charge in [0.2, 0.25) is 0 Å². The van der Waals surface area contributed by atoms with Crippen molar-refractivity contribution in [2.24, 2.45) is 7.05 Å². The Hall–Kier alpha value is -7.94. The minimum Gasteiger partial charge on any atom is -0.343 e. The van der Waals surface area contributed by atoms with Crippen molar-refractivity contribution in [3.63, 3.8) is 0 Å². The number of benzene rings is 9. The summed E-state index contributed by atoms with van der Waals surface area (Å²) in [5, 5.41) is 0. The zero-order valence-electron chi connectivity index (χ0n) is 38.8. The smallest absolute Gasteiger partial charge is 0.0568 e. The maximum Gasteiger partial charge on any atom is 0.0568 e. The average molecular weight is 861 g/mol. The van der Waals surface area contributed by atoms with E-state index in [4.69, 9.17) is 0 Å². The minimum atomic E-state index is -0.112. The Bertz CT molecular complexity index is 3380. The highest BCUT2D eigenvalue weighted by Crippen LogP contribution is 2.54. The second-order valence-electron chi connectivity index (χ2n) is 19.4. The van der Waals surface area contributed by atoms with Crippen LogP contribution in [-0.4, -0.2) is 4.57 Å². The molecule has 67 heavy (non-hydrogen) atoms. The van der Waals surface area contributed by atoms with Crippen LogP contribution >= 0.6 is 0 Å². The maximum atomic E-state index is 2.46. The van der Waals surface area contributed by atoms with Crippen LogP contribution in [0.15, 0.2) is 224 Å². The van der Waals surface area contributed by atoms with Crippen LogP contribution in [0.5, 0.6) is 0 Å². The second-order valence-corrected chi connectivity index (χ2v) is 19.4. The molecule has 10 aromatic rings. The largest absolute Gasteiger partial charge is 0.343 e. The summed E-state index contributed by atoms with van der Waals surface area (Å²) in [6.07, 6.45) is 0. The normalized spacial score (nSPS) is 13.7. The van der Waals surface area contributed by atoms with Gasteiger partial charge in [-0.15, -0.1) is 0 Å². The predicted molar refractivity (Wildman–Crippen MR) is 282 cm³/mol. The summed E-state index contributed by atoms with van der Waals surface area (Å²) in [7, 11) is 2.22. The van der Waals surface area contributed by atoms with E-state index in [9.17, 15) is 0 Å². The van der Waals surface area contributed by atoms with Gasteiger partial charge in [-0.25, -0.2) is 0 Å². The zero-order valence-corrected chi connectivity index (χ0v) is 38.8. The third kappa shape index (κ3) is 6.46. The number of anilines is 3. The summed E-state index contributed by atoms with van der Waals surface area (Å²) < 4.78 is 2.40. The standard InChI is InChI=1S/C65H52N2/c1-64(2)56-27-17-15-25-52(56)54-39-37-50(41-58(54)64)67(51-38-40-55-53-26-16-18-28-57(53)65(3,4)59(55)42-51)49-35-33-44(34-36-49)43-29-31-48(32-30-43)63-61(46-21-11-7-12-22-46)60(45-19-9-6-10-20-45)62(66(63)5)47-23-13-8-14-24-47/h6-42H,1-5H3. The number of nitrogens with zero attached hydrogens (tertiary/aromatic N) is 2. The van der Waals surface area contributed by atoms with Crippen molar-refractivity contribution in [2.45, 2.75) is 38.5 Å². The molecule has 0 radical (unpaired) electrons. The fraction of sp³-hybridized carbons (Fsp3) is 0.108. The lowest BCUT2D eigenvalue weighted by Crippen LogP contribution is -2.18. The average Bonchev–Trinajstić information content (AvgIpc) is 3.90. The van der Waals surface area contributed by atoms with Crippen molar-refractivity contribution >= 4 is 17.1 Å². The van der Waals surface area contributed by atoms with Crippen molar-refractivity contribution in [3.05, 3.63) is 247 Å². The Morgan fingerprint density at radius 1 is 0.299 bits per heavy atom. The fourth-order valence-electron chi connectivity index (χ4n) is 11.5. The summed E-state index contributed by atoms with van der Waals surface area (Å²) >= 11 is 0. The van der Waals surface area contributed by atoms with Crippen LogP contribution in [0.4, 0.5) is 17.1 Å². The maximum absolute atomic E-state index is 2.46. The molecule has 2 aliphatic carbocycles. The Labute approximate surface area is 395 Å². The van der Waals surface area contributed by atoms with Gasteiger partial charge in [-0.1, -0.05) is 216 Å². The van der Waals surface area contributed by atoms with Gasteiger partial charge in [0.15, 0.2) is 0 Å². The van der Waals surface area contributed by atoms with E-state index in [0.29, 0.717) is 0 Å². The van der Waals surface area contributed by atoms with E-state index >= 15 is 0 Å². The lowest BCUT2D eigenvalue weighted by molar-refractivity contribution is 0.660. The summed E-state index contributed by atoms with van der Waals surface area (Å²) in [5.41, 5.74) is 26.1. The topological polar surface area (TPSA) is 8.17 Å². The molecule has 0 saturated heterocycles. The van der Waals surface area contributed by atoms with Crippen LogP contribution in [0.2, 0.25) is 0 Å². The van der Waals surface area contributed by atoms with E-state index in [2.05, 4.69) is 269 Å². The molecular weight excluding hydrogens is 809 g/mol. The molecule has 2 aliphatic rings. The van der Waals surface area contributed by atoms with Crippen LogP contribution in [-0.2, 0) is 17.9 Å². The van der Waals surface area contributed by atoms with Gasteiger partial charge in [-0.2, -0.15) is 0 Å². The van der Waals surface area contributed by atoms with Gasteiger partial charge in [0.25, 0.3) is 0 Å². The molecule has 12 rings (SSSR count). The molecule has 0 fully saturated rings. The number of rotatable bonds is 8. The van der Waals surface area contributed by atoms with Gasteiger partial charge >= 0.3 is 0 Å². The SMILES string of the molecule is Cn1c(-c2ccccc2)c(-c2ccccc2)c(-c2ccccc2)c1-c1ccc(-c2ccc(N(c3ccc4c(c3)C(C)(C)c3ccccc3-4)c3ccc4c(c3)C(C)(C)c3ccccc3-4)cc2)cc1. The van der Waals surface area contributed by atoms with Gasteiger partial charge in [0, 0.05) is 46.1 Å². The molecule has 0 unspecified atom stereocenters. The van der Waals surface area contributed by atoms with Crippen LogP contribution in [0.1, 0.15) is 49.9 Å². The van der Waals surface area contributed by atoms with E-state index in [1.54, 1.807) is 0 Å². The molecule has 1 aromatic heterocycles. The molecule has 0 bridgehead atoms.